The summed E-state index contributed by atoms with van der Waals surface area (Å²) in [6, 6.07) is 13.4. The van der Waals surface area contributed by atoms with Gasteiger partial charge in [-0.15, -0.1) is 0 Å². The smallest absolute Gasteiger partial charge is 0.263 e. The van der Waals surface area contributed by atoms with Crippen LogP contribution in [0.3, 0.4) is 0 Å². The van der Waals surface area contributed by atoms with Crippen LogP contribution in [0.4, 0.5) is 10.1 Å². The van der Waals surface area contributed by atoms with Gasteiger partial charge in [0.25, 0.3) is 5.91 Å². The summed E-state index contributed by atoms with van der Waals surface area (Å²) in [6.45, 7) is 6.19. The molecule has 0 radical (unpaired) electrons. The van der Waals surface area contributed by atoms with Crippen LogP contribution in [0.1, 0.15) is 12.5 Å². The molecule has 0 aliphatic carbocycles. The second kappa shape index (κ2) is 9.52. The zero-order chi connectivity index (χ0) is 20.8. The Bertz CT molecular complexity index is 866. The normalized spacial score (nSPS) is 15.6. The monoisotopic (exact) mass is 399 g/mol. The molecule has 7 heteroatoms. The predicted molar refractivity (Wildman–Crippen MR) is 109 cm³/mol. The molecule has 1 fully saturated rings. The highest BCUT2D eigenvalue weighted by Crippen LogP contribution is 2.16. The number of anilines is 1. The van der Waals surface area contributed by atoms with Crippen molar-refractivity contribution in [3.8, 4) is 5.75 Å². The molecule has 0 spiro atoms. The van der Waals surface area contributed by atoms with Crippen LogP contribution < -0.4 is 10.1 Å². The number of carbonyl (C=O) groups is 2. The maximum absolute atomic E-state index is 13.2. The van der Waals surface area contributed by atoms with Gasteiger partial charge in [-0.3, -0.25) is 14.5 Å². The summed E-state index contributed by atoms with van der Waals surface area (Å²) < 4.78 is 19.0. The highest BCUT2D eigenvalue weighted by atomic mass is 19.1. The van der Waals surface area contributed by atoms with E-state index in [9.17, 15) is 14.0 Å². The van der Waals surface area contributed by atoms with Crippen molar-refractivity contribution in [2.24, 2.45) is 0 Å². The standard InChI is InChI=1S/C22H26FN3O3/c1-16-5-3-8-20(13-16)29-17(2)22(28)26-11-9-25(10-12-26)15-21(27)24-19-7-4-6-18(23)14-19/h3-8,13-14,17H,9-12,15H2,1-2H3,(H,24,27)/t17-/m1/s1. The van der Waals surface area contributed by atoms with Crippen LogP contribution in [0.2, 0.25) is 0 Å². The van der Waals surface area contributed by atoms with E-state index in [1.54, 1.807) is 24.0 Å². The third kappa shape index (κ3) is 6.02. The van der Waals surface area contributed by atoms with Gasteiger partial charge < -0.3 is 15.0 Å². The molecule has 3 rings (SSSR count). The number of piperazine rings is 1. The Kier molecular flexibility index (Phi) is 6.82. The van der Waals surface area contributed by atoms with Gasteiger partial charge in [-0.25, -0.2) is 4.39 Å². The molecule has 1 aliphatic heterocycles. The van der Waals surface area contributed by atoms with Crippen LogP contribution >= 0.6 is 0 Å². The molecule has 2 aromatic rings. The van der Waals surface area contributed by atoms with Gasteiger partial charge in [0.05, 0.1) is 6.54 Å². The largest absolute Gasteiger partial charge is 0.481 e. The van der Waals surface area contributed by atoms with Crippen molar-refractivity contribution in [1.29, 1.82) is 0 Å². The number of nitrogens with zero attached hydrogens (tertiary/aromatic N) is 2. The van der Waals surface area contributed by atoms with Crippen LogP contribution in [-0.4, -0.2) is 60.4 Å². The lowest BCUT2D eigenvalue weighted by Gasteiger charge is -2.35. The summed E-state index contributed by atoms with van der Waals surface area (Å²) in [4.78, 5) is 28.6. The first kappa shape index (κ1) is 20.8. The van der Waals surface area contributed by atoms with Crippen molar-refractivity contribution >= 4 is 17.5 Å². The number of hydrogen-bond donors (Lipinski definition) is 1. The summed E-state index contributed by atoms with van der Waals surface area (Å²) in [5, 5.41) is 2.69. The van der Waals surface area contributed by atoms with Crippen molar-refractivity contribution in [3.05, 3.63) is 59.9 Å². The van der Waals surface area contributed by atoms with E-state index < -0.39 is 11.9 Å². The van der Waals surface area contributed by atoms with Gasteiger partial charge in [-0.1, -0.05) is 18.2 Å². The van der Waals surface area contributed by atoms with Crippen molar-refractivity contribution in [2.75, 3.05) is 38.0 Å². The number of halogens is 1. The highest BCUT2D eigenvalue weighted by Gasteiger charge is 2.26. The van der Waals surface area contributed by atoms with E-state index in [0.717, 1.165) is 5.56 Å². The maximum Gasteiger partial charge on any atom is 0.263 e. The topological polar surface area (TPSA) is 61.9 Å². The Hall–Kier alpha value is -2.93. The van der Waals surface area contributed by atoms with Crippen LogP contribution in [0.5, 0.6) is 5.75 Å². The quantitative estimate of drug-likeness (QED) is 0.811. The molecule has 1 heterocycles. The van der Waals surface area contributed by atoms with Crippen molar-refractivity contribution in [3.63, 3.8) is 0 Å². The molecule has 2 amide bonds. The zero-order valence-electron chi connectivity index (χ0n) is 16.7. The molecule has 154 valence electrons. The van der Waals surface area contributed by atoms with Gasteiger partial charge in [0.1, 0.15) is 11.6 Å². The van der Waals surface area contributed by atoms with Gasteiger partial charge in [-0.2, -0.15) is 0 Å². The lowest BCUT2D eigenvalue weighted by Crippen LogP contribution is -2.53. The fourth-order valence-electron chi connectivity index (χ4n) is 3.30. The number of amides is 2. The Morgan fingerprint density at radius 1 is 1.10 bits per heavy atom. The van der Waals surface area contributed by atoms with Gasteiger partial charge in [0.15, 0.2) is 6.10 Å². The van der Waals surface area contributed by atoms with Gasteiger partial charge in [0.2, 0.25) is 5.91 Å². The van der Waals surface area contributed by atoms with Gasteiger partial charge in [-0.05, 0) is 49.7 Å². The number of rotatable bonds is 6. The Balaban J connectivity index is 1.44. The van der Waals surface area contributed by atoms with Crippen molar-refractivity contribution < 1.29 is 18.7 Å². The Morgan fingerprint density at radius 3 is 2.52 bits per heavy atom. The lowest BCUT2D eigenvalue weighted by molar-refractivity contribution is -0.139. The number of aryl methyl sites for hydroxylation is 1. The van der Waals surface area contributed by atoms with Gasteiger partial charge >= 0.3 is 0 Å². The summed E-state index contributed by atoms with van der Waals surface area (Å²) in [6.07, 6.45) is -0.570. The first-order chi connectivity index (χ1) is 13.9. The first-order valence-corrected chi connectivity index (χ1v) is 9.70. The average molecular weight is 399 g/mol. The van der Waals surface area contributed by atoms with E-state index in [0.29, 0.717) is 37.6 Å². The molecule has 2 aromatic carbocycles. The van der Waals surface area contributed by atoms with E-state index >= 15 is 0 Å². The van der Waals surface area contributed by atoms with Crippen LogP contribution in [0.25, 0.3) is 0 Å². The van der Waals surface area contributed by atoms with Crippen LogP contribution in [0, 0.1) is 12.7 Å². The van der Waals surface area contributed by atoms with Crippen LogP contribution in [-0.2, 0) is 9.59 Å². The van der Waals surface area contributed by atoms with Crippen molar-refractivity contribution in [1.82, 2.24) is 9.80 Å². The molecule has 0 bridgehead atoms. The third-order valence-electron chi connectivity index (χ3n) is 4.81. The average Bonchev–Trinajstić information content (AvgIpc) is 2.68. The van der Waals surface area contributed by atoms with Crippen LogP contribution in [0.15, 0.2) is 48.5 Å². The zero-order valence-corrected chi connectivity index (χ0v) is 16.7. The number of nitrogens with one attached hydrogen (secondary N) is 1. The third-order valence-corrected chi connectivity index (χ3v) is 4.81. The Labute approximate surface area is 170 Å². The molecule has 6 nitrogen and oxygen atoms in total. The predicted octanol–water partition coefficient (Wildman–Crippen LogP) is 2.68. The minimum atomic E-state index is -0.570. The molecule has 1 saturated heterocycles. The molecule has 0 unspecified atom stereocenters. The lowest BCUT2D eigenvalue weighted by atomic mass is 10.2. The summed E-state index contributed by atoms with van der Waals surface area (Å²) in [7, 11) is 0. The Morgan fingerprint density at radius 2 is 1.83 bits per heavy atom. The fourth-order valence-corrected chi connectivity index (χ4v) is 3.30. The summed E-state index contributed by atoms with van der Waals surface area (Å²) in [5.74, 6) is 0.0253. The summed E-state index contributed by atoms with van der Waals surface area (Å²) in [5.41, 5.74) is 1.51. The van der Waals surface area contributed by atoms with E-state index in [1.807, 2.05) is 36.1 Å². The first-order valence-electron chi connectivity index (χ1n) is 9.70. The second-order valence-electron chi connectivity index (χ2n) is 7.24. The molecule has 29 heavy (non-hydrogen) atoms. The molecular formula is C22H26FN3O3. The second-order valence-corrected chi connectivity index (χ2v) is 7.24. The number of carbonyl (C=O) groups excluding carboxylic acids is 2. The number of hydrogen-bond acceptors (Lipinski definition) is 4. The number of benzene rings is 2. The number of ether oxygens (including phenoxy) is 1. The molecule has 1 aliphatic rings. The molecule has 0 aromatic heterocycles. The highest BCUT2D eigenvalue weighted by molar-refractivity contribution is 5.92. The molecule has 1 atom stereocenters. The SMILES string of the molecule is Cc1cccc(O[C@H](C)C(=O)N2CCN(CC(=O)Nc3cccc(F)c3)CC2)c1. The summed E-state index contributed by atoms with van der Waals surface area (Å²) >= 11 is 0. The molecular weight excluding hydrogens is 373 g/mol. The fraction of sp³-hybridized carbons (Fsp3) is 0.364. The molecule has 0 saturated carbocycles. The molecule has 1 N–H and O–H groups in total. The van der Waals surface area contributed by atoms with E-state index in [4.69, 9.17) is 4.74 Å². The van der Waals surface area contributed by atoms with E-state index in [2.05, 4.69) is 5.32 Å². The van der Waals surface area contributed by atoms with Crippen molar-refractivity contribution in [2.45, 2.75) is 20.0 Å². The van der Waals surface area contributed by atoms with Gasteiger partial charge in [0, 0.05) is 31.9 Å². The van der Waals surface area contributed by atoms with E-state index in [1.165, 1.54) is 12.1 Å². The van der Waals surface area contributed by atoms with E-state index in [-0.39, 0.29) is 18.4 Å². The maximum atomic E-state index is 13.2. The minimum Gasteiger partial charge on any atom is -0.481 e. The minimum absolute atomic E-state index is 0.0598.